The van der Waals surface area contributed by atoms with Gasteiger partial charge in [0, 0.05) is 24.8 Å². The molecule has 2 atom stereocenters. The fourth-order valence-corrected chi connectivity index (χ4v) is 5.04. The Kier molecular flexibility index (Phi) is 7.82. The lowest BCUT2D eigenvalue weighted by molar-refractivity contribution is -0.127. The Balaban J connectivity index is 2.04. The molecule has 1 aromatic carbocycles. The standard InChI is InChI=1S/C25H34N4O2S/c1-7-17(5)26-21(30)14-20-15-32-25-27-18(6)22(24(31)28(8-2)9-3)23(29(20)25)19-12-10-11-16(4)13-19/h10-13,15,17,23H,7-9,14H2,1-6H3,(H,26,30). The van der Waals surface area contributed by atoms with Crippen molar-refractivity contribution in [1.82, 2.24) is 15.1 Å². The molecule has 0 radical (unpaired) electrons. The number of nitrogens with one attached hydrogen (secondary N) is 1. The molecule has 3 rings (SSSR count). The lowest BCUT2D eigenvalue weighted by Gasteiger charge is -2.38. The average molecular weight is 455 g/mol. The molecule has 0 aliphatic carbocycles. The number of likely N-dealkylation sites (N-methyl/N-ethyl adjacent to an activating group) is 1. The number of aryl methyl sites for hydroxylation is 1. The van der Waals surface area contributed by atoms with Crippen LogP contribution >= 0.6 is 11.8 Å². The molecule has 1 aromatic rings. The first kappa shape index (κ1) is 24.1. The van der Waals surface area contributed by atoms with Crippen molar-refractivity contribution < 1.29 is 9.59 Å². The molecule has 2 amide bonds. The van der Waals surface area contributed by atoms with E-state index in [4.69, 9.17) is 4.99 Å². The lowest BCUT2D eigenvalue weighted by atomic mass is 9.92. The van der Waals surface area contributed by atoms with E-state index in [2.05, 4.69) is 42.3 Å². The zero-order valence-electron chi connectivity index (χ0n) is 19.9. The van der Waals surface area contributed by atoms with Crippen LogP contribution in [0.3, 0.4) is 0 Å². The second-order valence-corrected chi connectivity index (χ2v) is 9.17. The van der Waals surface area contributed by atoms with Crippen molar-refractivity contribution in [2.24, 2.45) is 4.99 Å². The third-order valence-electron chi connectivity index (χ3n) is 6.00. The molecular weight excluding hydrogens is 420 g/mol. The molecule has 0 fully saturated rings. The molecule has 0 saturated heterocycles. The number of allylic oxidation sites excluding steroid dienone is 1. The quantitative estimate of drug-likeness (QED) is 0.616. The molecule has 0 aromatic heterocycles. The normalized spacial score (nSPS) is 18.7. The van der Waals surface area contributed by atoms with Crippen molar-refractivity contribution in [1.29, 1.82) is 0 Å². The van der Waals surface area contributed by atoms with Crippen molar-refractivity contribution in [3.8, 4) is 0 Å². The van der Waals surface area contributed by atoms with E-state index in [0.717, 1.165) is 34.1 Å². The topological polar surface area (TPSA) is 65.0 Å². The minimum atomic E-state index is -0.312. The summed E-state index contributed by atoms with van der Waals surface area (Å²) in [5, 5.41) is 5.86. The maximum Gasteiger partial charge on any atom is 0.254 e. The number of carbonyl (C=O) groups excluding carboxylic acids is 2. The molecule has 2 aliphatic heterocycles. The first-order valence-electron chi connectivity index (χ1n) is 11.4. The van der Waals surface area contributed by atoms with Crippen LogP contribution in [-0.2, 0) is 9.59 Å². The van der Waals surface area contributed by atoms with Crippen LogP contribution in [0.15, 0.2) is 51.6 Å². The summed E-state index contributed by atoms with van der Waals surface area (Å²) in [6, 6.07) is 8.07. The SMILES string of the molecule is CCC(C)NC(=O)CC1=CSC2=NC(C)=C(C(=O)N(CC)CC)C(c3cccc(C)c3)N12. The van der Waals surface area contributed by atoms with Crippen LogP contribution < -0.4 is 5.32 Å². The maximum absolute atomic E-state index is 13.6. The van der Waals surface area contributed by atoms with E-state index in [1.165, 1.54) is 11.8 Å². The van der Waals surface area contributed by atoms with Gasteiger partial charge in [0.2, 0.25) is 5.91 Å². The van der Waals surface area contributed by atoms with Gasteiger partial charge in [-0.25, -0.2) is 4.99 Å². The summed E-state index contributed by atoms with van der Waals surface area (Å²) < 4.78 is 0. The third-order valence-corrected chi connectivity index (χ3v) is 6.89. The molecule has 0 bridgehead atoms. The lowest BCUT2D eigenvalue weighted by Crippen LogP contribution is -2.42. The first-order valence-corrected chi connectivity index (χ1v) is 12.3. The van der Waals surface area contributed by atoms with E-state index in [1.54, 1.807) is 0 Å². The number of rotatable bonds is 8. The second kappa shape index (κ2) is 10.4. The van der Waals surface area contributed by atoms with Gasteiger partial charge in [-0.3, -0.25) is 9.59 Å². The summed E-state index contributed by atoms with van der Waals surface area (Å²) in [5.41, 5.74) is 4.46. The van der Waals surface area contributed by atoms with Crippen LogP contribution in [-0.4, -0.2) is 45.9 Å². The Hall–Kier alpha value is -2.54. The third kappa shape index (κ3) is 4.93. The van der Waals surface area contributed by atoms with Crippen molar-refractivity contribution in [2.75, 3.05) is 13.1 Å². The van der Waals surface area contributed by atoms with Gasteiger partial charge < -0.3 is 15.1 Å². The molecule has 32 heavy (non-hydrogen) atoms. The van der Waals surface area contributed by atoms with Crippen LogP contribution in [0.2, 0.25) is 0 Å². The number of carbonyl (C=O) groups is 2. The largest absolute Gasteiger partial charge is 0.353 e. The molecule has 7 heteroatoms. The molecule has 2 heterocycles. The number of amides is 2. The zero-order chi connectivity index (χ0) is 23.4. The summed E-state index contributed by atoms with van der Waals surface area (Å²) in [4.78, 5) is 35.0. The number of thioether (sulfide) groups is 1. The molecule has 172 valence electrons. The monoisotopic (exact) mass is 454 g/mol. The van der Waals surface area contributed by atoms with Crippen LogP contribution in [0.4, 0.5) is 0 Å². The molecule has 2 unspecified atom stereocenters. The van der Waals surface area contributed by atoms with Gasteiger partial charge in [-0.2, -0.15) is 0 Å². The number of nitrogens with zero attached hydrogens (tertiary/aromatic N) is 3. The summed E-state index contributed by atoms with van der Waals surface area (Å²) in [7, 11) is 0. The van der Waals surface area contributed by atoms with Crippen LogP contribution in [0.5, 0.6) is 0 Å². The minimum absolute atomic E-state index is 0.00196. The van der Waals surface area contributed by atoms with E-state index in [9.17, 15) is 9.59 Å². The van der Waals surface area contributed by atoms with Gasteiger partial charge in [0.15, 0.2) is 5.17 Å². The molecule has 6 nitrogen and oxygen atoms in total. The van der Waals surface area contributed by atoms with Crippen molar-refractivity contribution in [3.63, 3.8) is 0 Å². The van der Waals surface area contributed by atoms with Crippen molar-refractivity contribution in [2.45, 2.75) is 66.5 Å². The fraction of sp³-hybridized carbons (Fsp3) is 0.480. The minimum Gasteiger partial charge on any atom is -0.353 e. The number of amidine groups is 1. The number of hydrogen-bond donors (Lipinski definition) is 1. The molecule has 0 saturated carbocycles. The zero-order valence-corrected chi connectivity index (χ0v) is 20.8. The number of aliphatic imine (C=N–C) groups is 1. The Morgan fingerprint density at radius 3 is 2.56 bits per heavy atom. The maximum atomic E-state index is 13.6. The highest BCUT2D eigenvalue weighted by Crippen LogP contribution is 2.45. The second-order valence-electron chi connectivity index (χ2n) is 8.34. The van der Waals surface area contributed by atoms with Gasteiger partial charge >= 0.3 is 0 Å². The Morgan fingerprint density at radius 2 is 1.94 bits per heavy atom. The van der Waals surface area contributed by atoms with Crippen LogP contribution in [0.25, 0.3) is 0 Å². The number of benzene rings is 1. The van der Waals surface area contributed by atoms with Gasteiger partial charge in [0.1, 0.15) is 0 Å². The molecular formula is C25H34N4O2S. The first-order chi connectivity index (χ1) is 15.3. The summed E-state index contributed by atoms with van der Waals surface area (Å²) >= 11 is 1.52. The van der Waals surface area contributed by atoms with E-state index in [0.29, 0.717) is 18.7 Å². The Bertz CT molecular complexity index is 978. The number of hydrogen-bond acceptors (Lipinski definition) is 5. The molecule has 1 N–H and O–H groups in total. The van der Waals surface area contributed by atoms with Crippen LogP contribution in [0, 0.1) is 6.92 Å². The average Bonchev–Trinajstić information content (AvgIpc) is 3.15. The summed E-state index contributed by atoms with van der Waals surface area (Å²) in [6.45, 7) is 13.3. The van der Waals surface area contributed by atoms with Gasteiger partial charge in [-0.1, -0.05) is 48.5 Å². The predicted molar refractivity (Wildman–Crippen MR) is 132 cm³/mol. The molecule has 2 aliphatic rings. The van der Waals surface area contributed by atoms with E-state index < -0.39 is 0 Å². The summed E-state index contributed by atoms with van der Waals surface area (Å²) in [5.74, 6) is -0.0135. The Labute approximate surface area is 195 Å². The van der Waals surface area contributed by atoms with Gasteiger partial charge in [0.05, 0.1) is 23.7 Å². The van der Waals surface area contributed by atoms with E-state index in [-0.39, 0.29) is 30.3 Å². The summed E-state index contributed by atoms with van der Waals surface area (Å²) in [6.07, 6.45) is 1.14. The number of fused-ring (bicyclic) bond motifs is 1. The van der Waals surface area contributed by atoms with Crippen molar-refractivity contribution in [3.05, 3.63) is 57.8 Å². The molecule has 0 spiro atoms. The highest BCUT2D eigenvalue weighted by Gasteiger charge is 2.41. The highest BCUT2D eigenvalue weighted by atomic mass is 32.2. The van der Waals surface area contributed by atoms with E-state index >= 15 is 0 Å². The predicted octanol–water partition coefficient (Wildman–Crippen LogP) is 4.74. The highest BCUT2D eigenvalue weighted by molar-refractivity contribution is 8.16. The van der Waals surface area contributed by atoms with E-state index in [1.807, 2.05) is 44.1 Å². The van der Waals surface area contributed by atoms with Gasteiger partial charge in [-0.05, 0) is 52.0 Å². The van der Waals surface area contributed by atoms with Gasteiger partial charge in [0.25, 0.3) is 5.91 Å². The van der Waals surface area contributed by atoms with Crippen molar-refractivity contribution >= 4 is 28.7 Å². The van der Waals surface area contributed by atoms with Gasteiger partial charge in [-0.15, -0.1) is 0 Å². The Morgan fingerprint density at radius 1 is 1.22 bits per heavy atom. The smallest absolute Gasteiger partial charge is 0.254 e. The fourth-order valence-electron chi connectivity index (χ4n) is 4.07. The van der Waals surface area contributed by atoms with Crippen LogP contribution in [0.1, 0.15) is 64.6 Å².